The molecule has 0 aliphatic carbocycles. The molecule has 0 radical (unpaired) electrons. The minimum absolute atomic E-state index is 0.126. The van der Waals surface area contributed by atoms with Crippen molar-refractivity contribution in [2.45, 2.75) is 46.0 Å². The highest BCUT2D eigenvalue weighted by molar-refractivity contribution is 6.01. The summed E-state index contributed by atoms with van der Waals surface area (Å²) in [5.74, 6) is -3.09. The van der Waals surface area contributed by atoms with E-state index in [0.717, 1.165) is 29.3 Å². The fraction of sp³-hybridized carbons (Fsp3) is 0.333. The molecule has 0 unspecified atom stereocenters. The average molecular weight is 424 g/mol. The molecule has 2 aromatic rings. The zero-order chi connectivity index (χ0) is 23.2. The second-order valence-corrected chi connectivity index (χ2v) is 8.66. The SMILES string of the molecule is C=Cc1ccc(C(CC(C)(C)CCC(=O)c2cccc(C(C)(F)F)c2)=NC)cc1C=C. The molecule has 0 bridgehead atoms. The normalized spacial score (nSPS) is 12.5. The number of hydrogen-bond acceptors (Lipinski definition) is 2. The van der Waals surface area contributed by atoms with Gasteiger partial charge in [-0.25, -0.2) is 8.78 Å². The Morgan fingerprint density at radius 3 is 2.26 bits per heavy atom. The van der Waals surface area contributed by atoms with Crippen LogP contribution in [0.3, 0.4) is 0 Å². The van der Waals surface area contributed by atoms with E-state index in [4.69, 9.17) is 0 Å². The first kappa shape index (κ1) is 24.4. The number of benzene rings is 2. The van der Waals surface area contributed by atoms with Gasteiger partial charge in [0, 0.05) is 37.2 Å². The highest BCUT2D eigenvalue weighted by atomic mass is 19.3. The van der Waals surface area contributed by atoms with Gasteiger partial charge < -0.3 is 0 Å². The number of alkyl halides is 2. The summed E-state index contributed by atoms with van der Waals surface area (Å²) in [5, 5.41) is 0. The van der Waals surface area contributed by atoms with Crippen LogP contribution in [0.4, 0.5) is 8.78 Å². The predicted molar refractivity (Wildman–Crippen MR) is 127 cm³/mol. The standard InChI is InChI=1S/C27H31F2NO/c1-7-19-12-13-21(16-20(19)8-2)24(30-6)18-26(3,4)15-14-25(31)22-10-9-11-23(17-22)27(5,28)29/h7-13,16-17H,1-2,14-15,18H2,3-6H3. The van der Waals surface area contributed by atoms with Crippen molar-refractivity contribution in [3.05, 3.63) is 83.4 Å². The fourth-order valence-corrected chi connectivity index (χ4v) is 3.53. The monoisotopic (exact) mass is 423 g/mol. The van der Waals surface area contributed by atoms with Crippen LogP contribution in [0.1, 0.15) is 72.6 Å². The molecule has 0 N–H and O–H groups in total. The van der Waals surface area contributed by atoms with E-state index in [0.29, 0.717) is 18.4 Å². The molecular formula is C27H31F2NO. The van der Waals surface area contributed by atoms with Crippen LogP contribution >= 0.6 is 0 Å². The summed E-state index contributed by atoms with van der Waals surface area (Å²) < 4.78 is 27.2. The molecule has 0 saturated heterocycles. The average Bonchev–Trinajstić information content (AvgIpc) is 2.74. The maximum absolute atomic E-state index is 13.6. The van der Waals surface area contributed by atoms with Gasteiger partial charge in [0.2, 0.25) is 0 Å². The lowest BCUT2D eigenvalue weighted by Gasteiger charge is -2.25. The number of aliphatic imine (C=N–C) groups is 1. The van der Waals surface area contributed by atoms with Crippen molar-refractivity contribution in [3.63, 3.8) is 0 Å². The molecule has 31 heavy (non-hydrogen) atoms. The topological polar surface area (TPSA) is 29.4 Å². The van der Waals surface area contributed by atoms with Crippen molar-refractivity contribution in [3.8, 4) is 0 Å². The summed E-state index contributed by atoms with van der Waals surface area (Å²) in [6, 6.07) is 11.8. The van der Waals surface area contributed by atoms with Crippen LogP contribution in [0, 0.1) is 5.41 Å². The van der Waals surface area contributed by atoms with Gasteiger partial charge >= 0.3 is 0 Å². The second-order valence-electron chi connectivity index (χ2n) is 8.66. The van der Waals surface area contributed by atoms with Gasteiger partial charge in [-0.3, -0.25) is 9.79 Å². The minimum atomic E-state index is -2.96. The summed E-state index contributed by atoms with van der Waals surface area (Å²) in [6.07, 6.45) is 5.19. The molecule has 0 aromatic heterocycles. The van der Waals surface area contributed by atoms with Gasteiger partial charge in [0.15, 0.2) is 5.78 Å². The van der Waals surface area contributed by atoms with Crippen molar-refractivity contribution in [1.29, 1.82) is 0 Å². The molecule has 2 aromatic carbocycles. The molecule has 0 fully saturated rings. The molecule has 4 heteroatoms. The van der Waals surface area contributed by atoms with Gasteiger partial charge in [-0.2, -0.15) is 0 Å². The molecule has 0 atom stereocenters. The fourth-order valence-electron chi connectivity index (χ4n) is 3.53. The number of Topliss-reactive ketones (excluding diaryl/α,β-unsaturated/α-hetero) is 1. The van der Waals surface area contributed by atoms with Crippen molar-refractivity contribution in [1.82, 2.24) is 0 Å². The van der Waals surface area contributed by atoms with Gasteiger partial charge in [0.1, 0.15) is 0 Å². The Morgan fingerprint density at radius 2 is 1.68 bits per heavy atom. The van der Waals surface area contributed by atoms with E-state index in [1.165, 1.54) is 18.2 Å². The lowest BCUT2D eigenvalue weighted by molar-refractivity contribution is 0.0174. The number of ketones is 1. The van der Waals surface area contributed by atoms with Crippen molar-refractivity contribution >= 4 is 23.6 Å². The molecule has 0 amide bonds. The third kappa shape index (κ3) is 6.55. The van der Waals surface area contributed by atoms with Crippen LogP contribution < -0.4 is 0 Å². The Labute approximate surface area is 184 Å². The third-order valence-electron chi connectivity index (χ3n) is 5.50. The molecule has 2 rings (SSSR count). The first-order valence-corrected chi connectivity index (χ1v) is 10.4. The maximum atomic E-state index is 13.6. The molecule has 0 heterocycles. The number of nitrogens with zero attached hydrogens (tertiary/aromatic N) is 1. The number of carbonyl (C=O) groups is 1. The Hall–Kier alpha value is -2.88. The third-order valence-corrected chi connectivity index (χ3v) is 5.50. The molecule has 0 aliphatic heterocycles. The van der Waals surface area contributed by atoms with Crippen molar-refractivity contribution in [2.75, 3.05) is 7.05 Å². The quantitative estimate of drug-likeness (QED) is 0.286. The number of halogens is 2. The van der Waals surface area contributed by atoms with Crippen LogP contribution in [0.5, 0.6) is 0 Å². The summed E-state index contributed by atoms with van der Waals surface area (Å²) >= 11 is 0. The Kier molecular flexibility index (Phi) is 7.83. The van der Waals surface area contributed by atoms with E-state index in [2.05, 4.69) is 32.0 Å². The summed E-state index contributed by atoms with van der Waals surface area (Å²) in [6.45, 7) is 12.7. The summed E-state index contributed by atoms with van der Waals surface area (Å²) in [7, 11) is 1.77. The van der Waals surface area contributed by atoms with Gasteiger partial charge in [-0.15, -0.1) is 0 Å². The molecule has 164 valence electrons. The van der Waals surface area contributed by atoms with Crippen molar-refractivity contribution in [2.24, 2.45) is 10.4 Å². The second kappa shape index (κ2) is 9.95. The van der Waals surface area contributed by atoms with E-state index >= 15 is 0 Å². The highest BCUT2D eigenvalue weighted by Gasteiger charge is 2.26. The lowest BCUT2D eigenvalue weighted by atomic mass is 9.80. The first-order chi connectivity index (χ1) is 14.5. The number of rotatable bonds is 10. The maximum Gasteiger partial charge on any atom is 0.270 e. The van der Waals surface area contributed by atoms with Gasteiger partial charge in [0.25, 0.3) is 5.92 Å². The first-order valence-electron chi connectivity index (χ1n) is 10.4. The number of hydrogen-bond donors (Lipinski definition) is 0. The lowest BCUT2D eigenvalue weighted by Crippen LogP contribution is -2.20. The zero-order valence-corrected chi connectivity index (χ0v) is 18.8. The Balaban J connectivity index is 2.11. The summed E-state index contributed by atoms with van der Waals surface area (Å²) in [5.41, 5.74) is 3.97. The van der Waals surface area contributed by atoms with Crippen LogP contribution in [-0.4, -0.2) is 18.5 Å². The van der Waals surface area contributed by atoms with Crippen LogP contribution in [0.2, 0.25) is 0 Å². The largest absolute Gasteiger partial charge is 0.294 e. The van der Waals surface area contributed by atoms with Crippen molar-refractivity contribution < 1.29 is 13.6 Å². The summed E-state index contributed by atoms with van der Waals surface area (Å²) in [4.78, 5) is 17.1. The molecule has 0 spiro atoms. The van der Waals surface area contributed by atoms with E-state index in [1.54, 1.807) is 25.3 Å². The minimum Gasteiger partial charge on any atom is -0.294 e. The van der Waals surface area contributed by atoms with E-state index < -0.39 is 5.92 Å². The van der Waals surface area contributed by atoms with Gasteiger partial charge in [0.05, 0.1) is 0 Å². The van der Waals surface area contributed by atoms with E-state index in [1.807, 2.05) is 18.2 Å². The Bertz CT molecular complexity index is 997. The number of carbonyl (C=O) groups excluding carboxylic acids is 1. The molecule has 2 nitrogen and oxygen atoms in total. The van der Waals surface area contributed by atoms with Crippen LogP contribution in [0.15, 0.2) is 60.6 Å². The molecule has 0 aliphatic rings. The molecular weight excluding hydrogens is 392 g/mol. The van der Waals surface area contributed by atoms with Gasteiger partial charge in [-0.1, -0.05) is 69.5 Å². The van der Waals surface area contributed by atoms with Crippen LogP contribution in [-0.2, 0) is 5.92 Å². The highest BCUT2D eigenvalue weighted by Crippen LogP contribution is 2.31. The van der Waals surface area contributed by atoms with Gasteiger partial charge in [-0.05, 0) is 47.1 Å². The zero-order valence-electron chi connectivity index (χ0n) is 18.8. The van der Waals surface area contributed by atoms with E-state index in [-0.39, 0.29) is 23.2 Å². The predicted octanol–water partition coefficient (Wildman–Crippen LogP) is 7.58. The van der Waals surface area contributed by atoms with Crippen LogP contribution in [0.25, 0.3) is 12.2 Å². The van der Waals surface area contributed by atoms with E-state index in [9.17, 15) is 13.6 Å². The molecule has 0 saturated carbocycles. The smallest absolute Gasteiger partial charge is 0.270 e. The Morgan fingerprint density at radius 1 is 1.00 bits per heavy atom.